The lowest BCUT2D eigenvalue weighted by atomic mass is 10.0. The molecule has 0 radical (unpaired) electrons. The molecule has 94 valence electrons. The minimum Gasteiger partial charge on any atom is -0.496 e. The summed E-state index contributed by atoms with van der Waals surface area (Å²) in [6.07, 6.45) is 1.67. The number of benzene rings is 2. The van der Waals surface area contributed by atoms with Crippen LogP contribution in [-0.4, -0.2) is 7.11 Å². The molecule has 0 spiro atoms. The predicted molar refractivity (Wildman–Crippen MR) is 76.1 cm³/mol. The van der Waals surface area contributed by atoms with E-state index in [9.17, 15) is 0 Å². The lowest BCUT2D eigenvalue weighted by Crippen LogP contribution is -1.88. The van der Waals surface area contributed by atoms with Gasteiger partial charge in [0.15, 0.2) is 0 Å². The van der Waals surface area contributed by atoms with Crippen LogP contribution in [0, 0.1) is 0 Å². The van der Waals surface area contributed by atoms with E-state index in [1.54, 1.807) is 13.4 Å². The average molecular weight is 250 g/mol. The van der Waals surface area contributed by atoms with Crippen molar-refractivity contribution in [2.45, 2.75) is 0 Å². The van der Waals surface area contributed by atoms with E-state index in [1.165, 1.54) is 5.56 Å². The lowest BCUT2D eigenvalue weighted by molar-refractivity contribution is 0.414. The maximum atomic E-state index is 5.47. The maximum absolute atomic E-state index is 5.47. The zero-order chi connectivity index (χ0) is 13.1. The monoisotopic (exact) mass is 250 g/mol. The normalized spacial score (nSPS) is 10.4. The molecule has 0 fully saturated rings. The van der Waals surface area contributed by atoms with Crippen molar-refractivity contribution in [3.63, 3.8) is 0 Å². The van der Waals surface area contributed by atoms with Gasteiger partial charge in [-0.1, -0.05) is 36.4 Å². The van der Waals surface area contributed by atoms with Crippen LogP contribution in [0.5, 0.6) is 5.75 Å². The molecule has 0 saturated carbocycles. The third kappa shape index (κ3) is 2.25. The van der Waals surface area contributed by atoms with E-state index in [2.05, 4.69) is 24.3 Å². The zero-order valence-electron chi connectivity index (χ0n) is 10.7. The molecule has 2 nitrogen and oxygen atoms in total. The first-order valence-electron chi connectivity index (χ1n) is 6.16. The predicted octanol–water partition coefficient (Wildman–Crippen LogP) is 4.62. The summed E-state index contributed by atoms with van der Waals surface area (Å²) in [5, 5.41) is 0. The number of furan rings is 1. The quantitative estimate of drug-likeness (QED) is 0.676. The summed E-state index contributed by atoms with van der Waals surface area (Å²) in [4.78, 5) is 0. The maximum Gasteiger partial charge on any atom is 0.137 e. The number of ether oxygens (including phenoxy) is 1. The van der Waals surface area contributed by atoms with Crippen molar-refractivity contribution in [1.29, 1.82) is 0 Å². The summed E-state index contributed by atoms with van der Waals surface area (Å²) in [5.74, 6) is 1.63. The topological polar surface area (TPSA) is 22.4 Å². The van der Waals surface area contributed by atoms with Crippen molar-refractivity contribution < 1.29 is 9.15 Å². The SMILES string of the molecule is COc1ccc(-c2ccccc2)cc1-c1ccco1. The van der Waals surface area contributed by atoms with E-state index >= 15 is 0 Å². The minimum absolute atomic E-state index is 0.814. The molecule has 3 rings (SSSR count). The van der Waals surface area contributed by atoms with Gasteiger partial charge < -0.3 is 9.15 Å². The summed E-state index contributed by atoms with van der Waals surface area (Å²) < 4.78 is 10.9. The van der Waals surface area contributed by atoms with Crippen LogP contribution in [0.3, 0.4) is 0 Å². The van der Waals surface area contributed by atoms with Gasteiger partial charge in [0, 0.05) is 0 Å². The highest BCUT2D eigenvalue weighted by Crippen LogP contribution is 2.34. The molecule has 0 unspecified atom stereocenters. The molecule has 1 aromatic heterocycles. The van der Waals surface area contributed by atoms with Crippen LogP contribution in [0.15, 0.2) is 71.3 Å². The summed E-state index contributed by atoms with van der Waals surface area (Å²) >= 11 is 0. The van der Waals surface area contributed by atoms with Crippen molar-refractivity contribution in [2.24, 2.45) is 0 Å². The molecule has 3 aromatic rings. The van der Waals surface area contributed by atoms with Gasteiger partial charge in [0.2, 0.25) is 0 Å². The molecular formula is C17H14O2. The fourth-order valence-corrected chi connectivity index (χ4v) is 2.14. The summed E-state index contributed by atoms with van der Waals surface area (Å²) in [6, 6.07) is 20.2. The molecule has 0 amide bonds. The molecule has 0 aliphatic rings. The summed E-state index contributed by atoms with van der Waals surface area (Å²) in [5.41, 5.74) is 3.29. The van der Waals surface area contributed by atoms with E-state index in [1.807, 2.05) is 36.4 Å². The molecule has 0 aliphatic carbocycles. The van der Waals surface area contributed by atoms with Gasteiger partial charge in [-0.15, -0.1) is 0 Å². The molecule has 0 saturated heterocycles. The smallest absolute Gasteiger partial charge is 0.137 e. The Hall–Kier alpha value is -2.48. The molecule has 1 heterocycles. The van der Waals surface area contributed by atoms with Crippen LogP contribution in [0.2, 0.25) is 0 Å². The van der Waals surface area contributed by atoms with Gasteiger partial charge in [-0.25, -0.2) is 0 Å². The first-order chi connectivity index (χ1) is 9.38. The molecule has 0 aliphatic heterocycles. The van der Waals surface area contributed by atoms with E-state index in [-0.39, 0.29) is 0 Å². The third-order valence-electron chi connectivity index (χ3n) is 3.09. The molecule has 19 heavy (non-hydrogen) atoms. The summed E-state index contributed by atoms with van der Waals surface area (Å²) in [6.45, 7) is 0. The Morgan fingerprint density at radius 1 is 0.842 bits per heavy atom. The number of hydrogen-bond acceptors (Lipinski definition) is 2. The Kier molecular flexibility index (Phi) is 3.07. The lowest BCUT2D eigenvalue weighted by Gasteiger charge is -2.09. The molecule has 0 atom stereocenters. The highest BCUT2D eigenvalue weighted by atomic mass is 16.5. The molecule has 2 aromatic carbocycles. The number of hydrogen-bond donors (Lipinski definition) is 0. The Labute approximate surface area is 112 Å². The van der Waals surface area contributed by atoms with E-state index in [0.29, 0.717) is 0 Å². The molecular weight excluding hydrogens is 236 g/mol. The van der Waals surface area contributed by atoms with Gasteiger partial charge in [0.05, 0.1) is 18.9 Å². The highest BCUT2D eigenvalue weighted by molar-refractivity contribution is 5.75. The number of methoxy groups -OCH3 is 1. The first-order valence-corrected chi connectivity index (χ1v) is 6.16. The Morgan fingerprint density at radius 2 is 1.68 bits per heavy atom. The zero-order valence-corrected chi connectivity index (χ0v) is 10.7. The van der Waals surface area contributed by atoms with Crippen LogP contribution in [0.1, 0.15) is 0 Å². The number of rotatable bonds is 3. The fraction of sp³-hybridized carbons (Fsp3) is 0.0588. The standard InChI is InChI=1S/C17H14O2/c1-18-16-10-9-14(13-6-3-2-4-7-13)12-15(16)17-8-5-11-19-17/h2-12H,1H3. The fourth-order valence-electron chi connectivity index (χ4n) is 2.14. The van der Waals surface area contributed by atoms with Gasteiger partial charge in [-0.05, 0) is 35.4 Å². The van der Waals surface area contributed by atoms with Crippen molar-refractivity contribution in [1.82, 2.24) is 0 Å². The van der Waals surface area contributed by atoms with Crippen LogP contribution >= 0.6 is 0 Å². The second kappa shape index (κ2) is 5.02. The van der Waals surface area contributed by atoms with Crippen molar-refractivity contribution in [2.75, 3.05) is 7.11 Å². The Balaban J connectivity index is 2.13. The van der Waals surface area contributed by atoms with Gasteiger partial charge >= 0.3 is 0 Å². The van der Waals surface area contributed by atoms with E-state index < -0.39 is 0 Å². The van der Waals surface area contributed by atoms with E-state index in [0.717, 1.165) is 22.6 Å². The van der Waals surface area contributed by atoms with Crippen molar-refractivity contribution in [3.05, 3.63) is 66.9 Å². The van der Waals surface area contributed by atoms with Gasteiger partial charge in [0.1, 0.15) is 11.5 Å². The van der Waals surface area contributed by atoms with Crippen LogP contribution in [0.4, 0.5) is 0 Å². The minimum atomic E-state index is 0.814. The van der Waals surface area contributed by atoms with Crippen molar-refractivity contribution in [3.8, 4) is 28.2 Å². The van der Waals surface area contributed by atoms with Gasteiger partial charge in [-0.2, -0.15) is 0 Å². The average Bonchev–Trinajstić information content (AvgIpc) is 3.01. The third-order valence-corrected chi connectivity index (χ3v) is 3.09. The Morgan fingerprint density at radius 3 is 2.37 bits per heavy atom. The first kappa shape index (κ1) is 11.6. The van der Waals surface area contributed by atoms with Crippen LogP contribution in [0.25, 0.3) is 22.5 Å². The van der Waals surface area contributed by atoms with Crippen LogP contribution in [-0.2, 0) is 0 Å². The van der Waals surface area contributed by atoms with Crippen molar-refractivity contribution >= 4 is 0 Å². The molecule has 0 N–H and O–H groups in total. The molecule has 0 bridgehead atoms. The van der Waals surface area contributed by atoms with Gasteiger partial charge in [0.25, 0.3) is 0 Å². The van der Waals surface area contributed by atoms with E-state index in [4.69, 9.17) is 9.15 Å². The largest absolute Gasteiger partial charge is 0.496 e. The highest BCUT2D eigenvalue weighted by Gasteiger charge is 2.10. The summed E-state index contributed by atoms with van der Waals surface area (Å²) in [7, 11) is 1.67. The second-order valence-electron chi connectivity index (χ2n) is 4.26. The van der Waals surface area contributed by atoms with Gasteiger partial charge in [-0.3, -0.25) is 0 Å². The molecule has 2 heteroatoms. The second-order valence-corrected chi connectivity index (χ2v) is 4.26. The van der Waals surface area contributed by atoms with Crippen LogP contribution < -0.4 is 4.74 Å². The Bertz CT molecular complexity index is 655.